The van der Waals surface area contributed by atoms with Crippen molar-refractivity contribution in [3.05, 3.63) is 89.0 Å². The number of nitrogens with one attached hydrogen (secondary N) is 1. The van der Waals surface area contributed by atoms with Crippen LogP contribution in [0.4, 0.5) is 0 Å². The third-order valence-electron chi connectivity index (χ3n) is 4.11. The normalized spacial score (nSPS) is 11.7. The molecule has 0 saturated heterocycles. The Bertz CT molecular complexity index is 706. The molecule has 0 bridgehead atoms. The van der Waals surface area contributed by atoms with Crippen molar-refractivity contribution < 1.29 is 0 Å². The number of hydrogen-bond acceptors (Lipinski definition) is 1. The molecule has 0 fully saturated rings. The molecule has 3 heteroatoms. The molecule has 2 nitrogen and oxygen atoms in total. The Morgan fingerprint density at radius 2 is 1.73 bits per heavy atom. The molecule has 1 aromatic heterocycles. The molecule has 1 heterocycles. The van der Waals surface area contributed by atoms with E-state index in [1.807, 2.05) is 6.20 Å². The fourth-order valence-electron chi connectivity index (χ4n) is 2.71. The molecule has 2 aromatic carbocycles. The molecular formula is C19H21ClN2. The average Bonchev–Trinajstić information content (AvgIpc) is 3.02. The Hall–Kier alpha value is -2.06. The summed E-state index contributed by atoms with van der Waals surface area (Å²) in [5, 5.41) is 0. The number of H-pyrrole nitrogens is 1. The fourth-order valence-corrected chi connectivity index (χ4v) is 2.71. The maximum absolute atomic E-state index is 4.14. The van der Waals surface area contributed by atoms with Gasteiger partial charge in [0.1, 0.15) is 0 Å². The molecule has 22 heavy (non-hydrogen) atoms. The first-order chi connectivity index (χ1) is 10.2. The van der Waals surface area contributed by atoms with Crippen molar-refractivity contribution in [1.29, 1.82) is 0 Å². The molecule has 0 amide bonds. The second-order valence-corrected chi connectivity index (χ2v) is 5.59. The average molecular weight is 313 g/mol. The van der Waals surface area contributed by atoms with Gasteiger partial charge in [-0.2, -0.15) is 0 Å². The van der Waals surface area contributed by atoms with Crippen LogP contribution in [0.1, 0.15) is 33.9 Å². The van der Waals surface area contributed by atoms with E-state index in [1.54, 1.807) is 6.33 Å². The Labute approximate surface area is 138 Å². The molecule has 1 unspecified atom stereocenters. The van der Waals surface area contributed by atoms with Crippen molar-refractivity contribution >= 4 is 12.4 Å². The summed E-state index contributed by atoms with van der Waals surface area (Å²) in [7, 11) is 0. The Balaban J connectivity index is 0.00000176. The van der Waals surface area contributed by atoms with Gasteiger partial charge >= 0.3 is 0 Å². The molecule has 0 spiro atoms. The largest absolute Gasteiger partial charge is 0.348 e. The number of aryl methyl sites for hydroxylation is 2. The standard InChI is InChI=1S/C19H20N2.ClH/c1-14-8-9-17(10-15(14)2)19(11-18-12-20-13-21-18)16-6-4-3-5-7-16;/h3-10,12-13,19H,11H2,1-2H3,(H,20,21);1H. The van der Waals surface area contributed by atoms with Gasteiger partial charge in [0.2, 0.25) is 0 Å². The number of aromatic nitrogens is 2. The van der Waals surface area contributed by atoms with Gasteiger partial charge in [-0.05, 0) is 42.5 Å². The lowest BCUT2D eigenvalue weighted by Crippen LogP contribution is -2.06. The predicted octanol–water partition coefficient (Wildman–Crippen LogP) is 4.82. The van der Waals surface area contributed by atoms with Crippen LogP contribution in [0, 0.1) is 13.8 Å². The molecule has 0 aliphatic carbocycles. The molecule has 0 radical (unpaired) electrons. The van der Waals surface area contributed by atoms with Gasteiger partial charge in [0.05, 0.1) is 6.33 Å². The molecule has 0 aliphatic heterocycles. The number of aromatic amines is 1. The first kappa shape index (κ1) is 16.3. The first-order valence-corrected chi connectivity index (χ1v) is 7.33. The molecule has 1 N–H and O–H groups in total. The maximum atomic E-state index is 4.14. The van der Waals surface area contributed by atoms with Gasteiger partial charge in [-0.15, -0.1) is 12.4 Å². The number of hydrogen-bond donors (Lipinski definition) is 1. The Morgan fingerprint density at radius 3 is 2.36 bits per heavy atom. The van der Waals surface area contributed by atoms with Crippen LogP contribution in [-0.4, -0.2) is 9.97 Å². The molecular weight excluding hydrogens is 292 g/mol. The van der Waals surface area contributed by atoms with Gasteiger partial charge < -0.3 is 4.98 Å². The van der Waals surface area contributed by atoms with Crippen LogP contribution in [0.3, 0.4) is 0 Å². The van der Waals surface area contributed by atoms with Crippen molar-refractivity contribution in [2.24, 2.45) is 0 Å². The topological polar surface area (TPSA) is 28.7 Å². The van der Waals surface area contributed by atoms with E-state index in [0.29, 0.717) is 5.92 Å². The van der Waals surface area contributed by atoms with Crippen molar-refractivity contribution in [1.82, 2.24) is 9.97 Å². The Kier molecular flexibility index (Phi) is 5.40. The first-order valence-electron chi connectivity index (χ1n) is 7.33. The van der Waals surface area contributed by atoms with Crippen LogP contribution in [-0.2, 0) is 6.42 Å². The lowest BCUT2D eigenvalue weighted by molar-refractivity contribution is 0.786. The highest BCUT2D eigenvalue weighted by Crippen LogP contribution is 2.29. The quantitative estimate of drug-likeness (QED) is 0.735. The van der Waals surface area contributed by atoms with Gasteiger partial charge in [0.25, 0.3) is 0 Å². The fraction of sp³-hybridized carbons (Fsp3) is 0.211. The lowest BCUT2D eigenvalue weighted by Gasteiger charge is -2.18. The van der Waals surface area contributed by atoms with E-state index < -0.39 is 0 Å². The SMILES string of the molecule is Cc1ccc(C(Cc2cnc[nH]2)c2ccccc2)cc1C.Cl. The number of rotatable bonds is 4. The van der Waals surface area contributed by atoms with Crippen LogP contribution in [0.5, 0.6) is 0 Å². The summed E-state index contributed by atoms with van der Waals surface area (Å²) < 4.78 is 0. The van der Waals surface area contributed by atoms with Crippen molar-refractivity contribution in [3.63, 3.8) is 0 Å². The van der Waals surface area contributed by atoms with E-state index in [9.17, 15) is 0 Å². The van der Waals surface area contributed by atoms with E-state index in [-0.39, 0.29) is 12.4 Å². The second kappa shape index (κ2) is 7.28. The van der Waals surface area contributed by atoms with Gasteiger partial charge in [0, 0.05) is 17.8 Å². The van der Waals surface area contributed by atoms with Gasteiger partial charge in [-0.3, -0.25) is 0 Å². The minimum absolute atomic E-state index is 0. The third kappa shape index (κ3) is 3.58. The minimum atomic E-state index is 0. The molecule has 3 rings (SSSR count). The van der Waals surface area contributed by atoms with Gasteiger partial charge in [-0.25, -0.2) is 4.98 Å². The van der Waals surface area contributed by atoms with E-state index >= 15 is 0 Å². The summed E-state index contributed by atoms with van der Waals surface area (Å²) in [6.07, 6.45) is 4.60. The smallest absolute Gasteiger partial charge is 0.0921 e. The van der Waals surface area contributed by atoms with E-state index in [0.717, 1.165) is 6.42 Å². The molecule has 1 atom stereocenters. The summed E-state index contributed by atoms with van der Waals surface area (Å²) in [4.78, 5) is 7.36. The van der Waals surface area contributed by atoms with Gasteiger partial charge in [-0.1, -0.05) is 48.5 Å². The number of benzene rings is 2. The van der Waals surface area contributed by atoms with Crippen LogP contribution < -0.4 is 0 Å². The summed E-state index contributed by atoms with van der Waals surface area (Å²) in [6.45, 7) is 4.34. The molecule has 114 valence electrons. The highest BCUT2D eigenvalue weighted by Gasteiger charge is 2.16. The number of imidazole rings is 1. The Morgan fingerprint density at radius 1 is 0.955 bits per heavy atom. The summed E-state index contributed by atoms with van der Waals surface area (Å²) in [5.41, 5.74) is 6.56. The highest BCUT2D eigenvalue weighted by molar-refractivity contribution is 5.85. The van der Waals surface area contributed by atoms with Crippen LogP contribution in [0.2, 0.25) is 0 Å². The predicted molar refractivity (Wildman–Crippen MR) is 93.7 cm³/mol. The van der Waals surface area contributed by atoms with Crippen molar-refractivity contribution in [3.8, 4) is 0 Å². The van der Waals surface area contributed by atoms with Crippen molar-refractivity contribution in [2.75, 3.05) is 0 Å². The van der Waals surface area contributed by atoms with E-state index in [1.165, 1.54) is 27.9 Å². The second-order valence-electron chi connectivity index (χ2n) is 5.59. The van der Waals surface area contributed by atoms with E-state index in [4.69, 9.17) is 0 Å². The third-order valence-corrected chi connectivity index (χ3v) is 4.11. The summed E-state index contributed by atoms with van der Waals surface area (Å²) >= 11 is 0. The molecule has 0 saturated carbocycles. The molecule has 3 aromatic rings. The van der Waals surface area contributed by atoms with Crippen LogP contribution >= 0.6 is 12.4 Å². The zero-order chi connectivity index (χ0) is 14.7. The van der Waals surface area contributed by atoms with Crippen LogP contribution in [0.25, 0.3) is 0 Å². The monoisotopic (exact) mass is 312 g/mol. The highest BCUT2D eigenvalue weighted by atomic mass is 35.5. The lowest BCUT2D eigenvalue weighted by atomic mass is 9.86. The zero-order valence-corrected chi connectivity index (χ0v) is 13.7. The number of halogens is 1. The number of nitrogens with zero attached hydrogens (tertiary/aromatic N) is 1. The minimum Gasteiger partial charge on any atom is -0.348 e. The zero-order valence-electron chi connectivity index (χ0n) is 12.9. The van der Waals surface area contributed by atoms with E-state index in [2.05, 4.69) is 72.3 Å². The summed E-state index contributed by atoms with van der Waals surface area (Å²) in [5.74, 6) is 0.353. The summed E-state index contributed by atoms with van der Waals surface area (Å²) in [6, 6.07) is 17.5. The van der Waals surface area contributed by atoms with Crippen LogP contribution in [0.15, 0.2) is 61.1 Å². The molecule has 0 aliphatic rings. The maximum Gasteiger partial charge on any atom is 0.0921 e. The van der Waals surface area contributed by atoms with Gasteiger partial charge in [0.15, 0.2) is 0 Å². The van der Waals surface area contributed by atoms with Crippen molar-refractivity contribution in [2.45, 2.75) is 26.2 Å².